The third-order valence-corrected chi connectivity index (χ3v) is 5.86. The van der Waals surface area contributed by atoms with Crippen LogP contribution in [0.1, 0.15) is 61.5 Å². The van der Waals surface area contributed by atoms with Crippen molar-refractivity contribution in [2.24, 2.45) is 5.92 Å². The van der Waals surface area contributed by atoms with Gasteiger partial charge in [0.05, 0.1) is 11.1 Å². The molecule has 0 radical (unpaired) electrons. The smallest absolute Gasteiger partial charge is 0.163 e. The van der Waals surface area contributed by atoms with Gasteiger partial charge in [0, 0.05) is 28.9 Å². The van der Waals surface area contributed by atoms with Crippen LogP contribution in [0.3, 0.4) is 0 Å². The molecule has 3 heteroatoms. The minimum absolute atomic E-state index is 0.0731. The molecule has 3 nitrogen and oxygen atoms in total. The Labute approximate surface area is 160 Å². The first-order valence-electron chi connectivity index (χ1n) is 9.88. The summed E-state index contributed by atoms with van der Waals surface area (Å²) in [6.45, 7) is 11.1. The van der Waals surface area contributed by atoms with Gasteiger partial charge in [-0.1, -0.05) is 26.5 Å². The van der Waals surface area contributed by atoms with Crippen molar-refractivity contribution in [3.63, 3.8) is 0 Å². The van der Waals surface area contributed by atoms with E-state index in [1.54, 1.807) is 6.07 Å². The molecule has 3 aromatic rings. The van der Waals surface area contributed by atoms with Crippen LogP contribution in [0.15, 0.2) is 30.8 Å². The number of phenols is 1. The second kappa shape index (κ2) is 6.56. The van der Waals surface area contributed by atoms with E-state index in [0.29, 0.717) is 11.5 Å². The number of rotatable bonds is 5. The van der Waals surface area contributed by atoms with Crippen LogP contribution in [0, 0.1) is 5.92 Å². The van der Waals surface area contributed by atoms with Gasteiger partial charge in [-0.05, 0) is 67.4 Å². The zero-order valence-electron chi connectivity index (χ0n) is 16.4. The number of carbonyl (C=O) groups excluding carboxylic acids is 1. The predicted octanol–water partition coefficient (Wildman–Crippen LogP) is 6.10. The zero-order valence-corrected chi connectivity index (χ0v) is 16.4. The molecule has 4 rings (SSSR count). The summed E-state index contributed by atoms with van der Waals surface area (Å²) in [6, 6.07) is 8.04. The quantitative estimate of drug-likeness (QED) is 0.558. The molecule has 0 aliphatic heterocycles. The molecule has 0 bridgehead atoms. The topological polar surface area (TPSA) is 42.2 Å². The molecule has 0 fully saturated rings. The van der Waals surface area contributed by atoms with Crippen LogP contribution >= 0.6 is 0 Å². The standard InChI is InChI=1S/C24H27NO2/c1-14(2)6-5-11-25-21-10-9-17-15(3)7-8-18(17)24(21)20-12-19(16(4)26)23(27)13-22(20)25/h9-10,12-14,27H,3,5-8,11H2,1-2,4H3. The molecule has 2 aromatic carbocycles. The summed E-state index contributed by atoms with van der Waals surface area (Å²) < 4.78 is 2.32. The van der Waals surface area contributed by atoms with Crippen LogP contribution in [0.4, 0.5) is 0 Å². The third-order valence-electron chi connectivity index (χ3n) is 5.86. The van der Waals surface area contributed by atoms with Gasteiger partial charge >= 0.3 is 0 Å². The number of carbonyl (C=O) groups is 1. The zero-order chi connectivity index (χ0) is 19.3. The summed E-state index contributed by atoms with van der Waals surface area (Å²) in [7, 11) is 0. The minimum atomic E-state index is -0.105. The molecule has 0 spiro atoms. The van der Waals surface area contributed by atoms with Gasteiger partial charge in [-0.3, -0.25) is 4.79 Å². The number of nitrogens with zero attached hydrogens (tertiary/aromatic N) is 1. The molecule has 0 saturated carbocycles. The van der Waals surface area contributed by atoms with Gasteiger partial charge < -0.3 is 9.67 Å². The number of aromatic hydroxyl groups is 1. The first kappa shape index (κ1) is 17.8. The Balaban J connectivity index is 2.01. The Kier molecular flexibility index (Phi) is 4.33. The second-order valence-electron chi connectivity index (χ2n) is 8.22. The number of benzene rings is 2. The Morgan fingerprint density at radius 3 is 2.70 bits per heavy atom. The number of aromatic nitrogens is 1. The minimum Gasteiger partial charge on any atom is -0.507 e. The lowest BCUT2D eigenvalue weighted by Gasteiger charge is -2.10. The van der Waals surface area contributed by atoms with Gasteiger partial charge in [0.1, 0.15) is 5.75 Å². The molecule has 1 N–H and O–H groups in total. The highest BCUT2D eigenvalue weighted by molar-refractivity contribution is 6.14. The molecule has 0 saturated heterocycles. The van der Waals surface area contributed by atoms with Crippen LogP contribution in [0.2, 0.25) is 0 Å². The van der Waals surface area contributed by atoms with Gasteiger partial charge in [0.15, 0.2) is 5.78 Å². The number of Topliss-reactive ketones (excluding diaryl/α,β-unsaturated/α-hetero) is 1. The molecule has 0 atom stereocenters. The Hall–Kier alpha value is -2.55. The number of ketones is 1. The van der Waals surface area contributed by atoms with Crippen LogP contribution in [0.25, 0.3) is 27.4 Å². The van der Waals surface area contributed by atoms with Crippen molar-refractivity contribution < 1.29 is 9.90 Å². The maximum absolute atomic E-state index is 12.0. The molecule has 1 aliphatic carbocycles. The first-order chi connectivity index (χ1) is 12.9. The van der Waals surface area contributed by atoms with Gasteiger partial charge in [-0.25, -0.2) is 0 Å². The maximum Gasteiger partial charge on any atom is 0.163 e. The second-order valence-corrected chi connectivity index (χ2v) is 8.22. The van der Waals surface area contributed by atoms with Crippen LogP contribution in [-0.2, 0) is 13.0 Å². The average Bonchev–Trinajstić information content (AvgIpc) is 3.12. The van der Waals surface area contributed by atoms with Crippen LogP contribution < -0.4 is 0 Å². The SMILES string of the molecule is C=C1CCc2c1ccc1c2c2cc(C(C)=O)c(O)cc2n1CCCC(C)C. The van der Waals surface area contributed by atoms with Crippen molar-refractivity contribution in [3.05, 3.63) is 47.5 Å². The van der Waals surface area contributed by atoms with Crippen molar-refractivity contribution in [1.29, 1.82) is 0 Å². The summed E-state index contributed by atoms with van der Waals surface area (Å²) in [5, 5.41) is 12.7. The van der Waals surface area contributed by atoms with Gasteiger partial charge in [-0.15, -0.1) is 0 Å². The van der Waals surface area contributed by atoms with E-state index in [2.05, 4.69) is 37.1 Å². The molecule has 27 heavy (non-hydrogen) atoms. The number of aryl methyl sites for hydroxylation is 2. The van der Waals surface area contributed by atoms with Crippen LogP contribution in [-0.4, -0.2) is 15.5 Å². The van der Waals surface area contributed by atoms with E-state index in [1.165, 1.54) is 40.9 Å². The molecular weight excluding hydrogens is 334 g/mol. The third kappa shape index (κ3) is 2.86. The maximum atomic E-state index is 12.0. The molecule has 0 amide bonds. The van der Waals surface area contributed by atoms with Crippen molar-refractivity contribution in [1.82, 2.24) is 4.57 Å². The number of hydrogen-bond acceptors (Lipinski definition) is 2. The summed E-state index contributed by atoms with van der Waals surface area (Å²) in [5.74, 6) is 0.638. The van der Waals surface area contributed by atoms with E-state index in [1.807, 2.05) is 6.07 Å². The highest BCUT2D eigenvalue weighted by Gasteiger charge is 2.23. The van der Waals surface area contributed by atoms with Gasteiger partial charge in [0.25, 0.3) is 0 Å². The van der Waals surface area contributed by atoms with Crippen molar-refractivity contribution in [2.75, 3.05) is 0 Å². The fourth-order valence-electron chi connectivity index (χ4n) is 4.47. The van der Waals surface area contributed by atoms with Crippen LogP contribution in [0.5, 0.6) is 5.75 Å². The Morgan fingerprint density at radius 2 is 2.00 bits per heavy atom. The van der Waals surface area contributed by atoms with Crippen molar-refractivity contribution in [2.45, 2.75) is 53.0 Å². The van der Waals surface area contributed by atoms with E-state index in [0.717, 1.165) is 36.7 Å². The van der Waals surface area contributed by atoms with E-state index in [9.17, 15) is 9.90 Å². The fraction of sp³-hybridized carbons (Fsp3) is 0.375. The Morgan fingerprint density at radius 1 is 1.22 bits per heavy atom. The van der Waals surface area contributed by atoms with E-state index in [4.69, 9.17) is 0 Å². The summed E-state index contributed by atoms with van der Waals surface area (Å²) in [6.07, 6.45) is 4.25. The highest BCUT2D eigenvalue weighted by atomic mass is 16.3. The lowest BCUT2D eigenvalue weighted by atomic mass is 10.00. The summed E-state index contributed by atoms with van der Waals surface area (Å²) >= 11 is 0. The highest BCUT2D eigenvalue weighted by Crippen LogP contribution is 2.42. The van der Waals surface area contributed by atoms with Crippen molar-refractivity contribution in [3.8, 4) is 5.75 Å². The lowest BCUT2D eigenvalue weighted by Crippen LogP contribution is -2.00. The van der Waals surface area contributed by atoms with E-state index < -0.39 is 0 Å². The summed E-state index contributed by atoms with van der Waals surface area (Å²) in [5.41, 5.74) is 6.40. The van der Waals surface area contributed by atoms with E-state index in [-0.39, 0.29) is 11.5 Å². The van der Waals surface area contributed by atoms with E-state index >= 15 is 0 Å². The summed E-state index contributed by atoms with van der Waals surface area (Å²) in [4.78, 5) is 12.0. The molecule has 1 heterocycles. The predicted molar refractivity (Wildman–Crippen MR) is 113 cm³/mol. The number of fused-ring (bicyclic) bond motifs is 5. The number of allylic oxidation sites excluding steroid dienone is 1. The first-order valence-corrected chi connectivity index (χ1v) is 9.88. The lowest BCUT2D eigenvalue weighted by molar-refractivity contribution is 0.101. The van der Waals surface area contributed by atoms with Gasteiger partial charge in [-0.2, -0.15) is 0 Å². The van der Waals surface area contributed by atoms with Crippen molar-refractivity contribution >= 4 is 33.2 Å². The number of phenolic OH excluding ortho intramolecular Hbond substituents is 1. The fourth-order valence-corrected chi connectivity index (χ4v) is 4.47. The Bertz CT molecular complexity index is 1090. The largest absolute Gasteiger partial charge is 0.507 e. The molecular formula is C24H27NO2. The molecule has 1 aliphatic rings. The normalized spacial score (nSPS) is 13.9. The monoisotopic (exact) mass is 361 g/mol. The molecule has 1 aromatic heterocycles. The van der Waals surface area contributed by atoms with Gasteiger partial charge in [0.2, 0.25) is 0 Å². The number of hydrogen-bond donors (Lipinski definition) is 1. The average molecular weight is 361 g/mol. The molecule has 0 unspecified atom stereocenters. The molecule has 140 valence electrons.